The molecule has 0 unspecified atom stereocenters. The lowest BCUT2D eigenvalue weighted by molar-refractivity contribution is -0.309. The topological polar surface area (TPSA) is 167 Å². The third kappa shape index (κ3) is 4.10. The van der Waals surface area contributed by atoms with Crippen LogP contribution in [0.2, 0.25) is 0 Å². The first-order valence-corrected chi connectivity index (χ1v) is 14.5. The van der Waals surface area contributed by atoms with Crippen molar-refractivity contribution in [2.45, 2.75) is 101 Å². The molecule has 0 aromatic carbocycles. The molecule has 1 saturated heterocycles. The summed E-state index contributed by atoms with van der Waals surface area (Å²) in [5, 5.41) is 53.2. The van der Waals surface area contributed by atoms with Gasteiger partial charge in [0.2, 0.25) is 0 Å². The standard InChI is InChI=1S/C30H40O10/c1-28-9-7-20-21(30(28,37)11-8-19(28)16-2-5-23(33)38-14-16)4-3-17-12-18(32)6-10-29(17,20)15-39-27-26(36)25(35)24(34)22(13-31)40-27/h2,5,12,14,19-22,24-27,31,34-37H,3-4,6-11,13,15H2,1H3/t19-,20+,21-,22-,24-,25+,26-,27-,28-,29-,30+/m1/s1. The molecule has 3 saturated carbocycles. The molecule has 5 N–H and O–H groups in total. The SMILES string of the molecule is C[C@]12CC[C@H]3[C@@H](CCC4=CC(=O)CC[C@@]43CO[C@@H]3O[C@H](CO)[C@@H](O)[C@H](O)[C@H]3O)[C@@]1(O)CC[C@@H]2c1ccc(=O)oc1. The minimum atomic E-state index is -1.54. The van der Waals surface area contributed by atoms with Crippen molar-refractivity contribution < 1.29 is 44.2 Å². The molecule has 5 aliphatic rings. The van der Waals surface area contributed by atoms with Gasteiger partial charge in [-0.15, -0.1) is 0 Å². The lowest BCUT2D eigenvalue weighted by Gasteiger charge is -2.62. The Morgan fingerprint density at radius 3 is 2.50 bits per heavy atom. The smallest absolute Gasteiger partial charge is 0.335 e. The van der Waals surface area contributed by atoms with Crippen molar-refractivity contribution in [1.29, 1.82) is 0 Å². The van der Waals surface area contributed by atoms with E-state index in [1.54, 1.807) is 6.08 Å². The third-order valence-corrected chi connectivity index (χ3v) is 11.4. The van der Waals surface area contributed by atoms with Crippen molar-refractivity contribution in [3.05, 3.63) is 46.0 Å². The van der Waals surface area contributed by atoms with Crippen LogP contribution in [0.5, 0.6) is 0 Å². The maximum atomic E-state index is 12.5. The van der Waals surface area contributed by atoms with E-state index in [0.29, 0.717) is 25.7 Å². The van der Waals surface area contributed by atoms with E-state index in [4.69, 9.17) is 13.9 Å². The van der Waals surface area contributed by atoms with Gasteiger partial charge >= 0.3 is 5.63 Å². The Balaban J connectivity index is 1.30. The van der Waals surface area contributed by atoms with Crippen LogP contribution in [-0.2, 0) is 14.3 Å². The van der Waals surface area contributed by atoms with E-state index in [2.05, 4.69) is 6.92 Å². The van der Waals surface area contributed by atoms with Gasteiger partial charge < -0.3 is 39.4 Å². The number of fused-ring (bicyclic) bond motifs is 5. The summed E-state index contributed by atoms with van der Waals surface area (Å²) >= 11 is 0. The minimum Gasteiger partial charge on any atom is -0.431 e. The van der Waals surface area contributed by atoms with E-state index >= 15 is 0 Å². The second-order valence-corrected chi connectivity index (χ2v) is 12.9. The fraction of sp³-hybridized carbons (Fsp3) is 0.733. The number of hydrogen-bond donors (Lipinski definition) is 5. The summed E-state index contributed by atoms with van der Waals surface area (Å²) in [6.07, 6.45) is 1.66. The van der Waals surface area contributed by atoms with Crippen LogP contribution < -0.4 is 5.63 Å². The number of hydrogen-bond acceptors (Lipinski definition) is 10. The molecule has 40 heavy (non-hydrogen) atoms. The zero-order valence-corrected chi connectivity index (χ0v) is 22.8. The average Bonchev–Trinajstić information content (AvgIpc) is 3.23. The molecule has 220 valence electrons. The monoisotopic (exact) mass is 560 g/mol. The number of carbonyl (C=O) groups is 1. The zero-order valence-electron chi connectivity index (χ0n) is 22.8. The van der Waals surface area contributed by atoms with E-state index in [1.165, 1.54) is 12.3 Å². The van der Waals surface area contributed by atoms with Gasteiger partial charge in [-0.2, -0.15) is 0 Å². The molecule has 2 heterocycles. The largest absolute Gasteiger partial charge is 0.431 e. The van der Waals surface area contributed by atoms with Gasteiger partial charge in [0.05, 0.1) is 25.1 Å². The third-order valence-electron chi connectivity index (χ3n) is 11.4. The fourth-order valence-electron chi connectivity index (χ4n) is 9.14. The van der Waals surface area contributed by atoms with Crippen molar-refractivity contribution in [2.24, 2.45) is 22.7 Å². The Morgan fingerprint density at radius 1 is 0.975 bits per heavy atom. The Morgan fingerprint density at radius 2 is 1.77 bits per heavy atom. The molecule has 0 spiro atoms. The number of aliphatic hydroxyl groups is 5. The van der Waals surface area contributed by atoms with Gasteiger partial charge in [-0.05, 0) is 80.4 Å². The van der Waals surface area contributed by atoms with Crippen molar-refractivity contribution in [1.82, 2.24) is 0 Å². The first-order chi connectivity index (χ1) is 19.0. The number of aliphatic hydroxyl groups excluding tert-OH is 4. The minimum absolute atomic E-state index is 0.0241. The molecule has 4 aliphatic carbocycles. The molecule has 10 heteroatoms. The van der Waals surface area contributed by atoms with Crippen LogP contribution in [-0.4, -0.2) is 80.8 Å². The fourth-order valence-corrected chi connectivity index (χ4v) is 9.14. The summed E-state index contributed by atoms with van der Waals surface area (Å²) < 4.78 is 17.0. The number of ether oxygens (including phenoxy) is 2. The van der Waals surface area contributed by atoms with Gasteiger partial charge in [0.15, 0.2) is 12.1 Å². The van der Waals surface area contributed by atoms with Crippen LogP contribution in [0.3, 0.4) is 0 Å². The van der Waals surface area contributed by atoms with E-state index in [-0.39, 0.29) is 30.1 Å². The molecule has 0 amide bonds. The Labute approximate surface area is 232 Å². The summed E-state index contributed by atoms with van der Waals surface area (Å²) in [7, 11) is 0. The molecule has 0 radical (unpaired) electrons. The Kier molecular flexibility index (Phi) is 7.13. The van der Waals surface area contributed by atoms with Gasteiger partial charge in [-0.25, -0.2) is 4.79 Å². The predicted molar refractivity (Wildman–Crippen MR) is 140 cm³/mol. The van der Waals surface area contributed by atoms with Crippen LogP contribution in [0.4, 0.5) is 0 Å². The second kappa shape index (κ2) is 10.1. The molecule has 1 aromatic rings. The molecular formula is C30H40O10. The quantitative estimate of drug-likeness (QED) is 0.353. The van der Waals surface area contributed by atoms with Gasteiger partial charge in [0.1, 0.15) is 24.4 Å². The highest BCUT2D eigenvalue weighted by atomic mass is 16.7. The second-order valence-electron chi connectivity index (χ2n) is 12.9. The normalized spacial score (nSPS) is 46.8. The molecular weight excluding hydrogens is 520 g/mol. The highest BCUT2D eigenvalue weighted by Gasteiger charge is 2.67. The maximum Gasteiger partial charge on any atom is 0.335 e. The van der Waals surface area contributed by atoms with Crippen LogP contribution in [0.15, 0.2) is 39.3 Å². The van der Waals surface area contributed by atoms with Crippen LogP contribution in [0, 0.1) is 22.7 Å². The molecule has 10 nitrogen and oxygen atoms in total. The van der Waals surface area contributed by atoms with Crippen molar-refractivity contribution in [3.8, 4) is 0 Å². The molecule has 1 aromatic heterocycles. The summed E-state index contributed by atoms with van der Waals surface area (Å²) in [6.45, 7) is 1.73. The van der Waals surface area contributed by atoms with E-state index in [1.807, 2.05) is 6.07 Å². The molecule has 11 atom stereocenters. The van der Waals surface area contributed by atoms with Gasteiger partial charge in [-0.3, -0.25) is 4.79 Å². The van der Waals surface area contributed by atoms with E-state index < -0.39 is 59.4 Å². The van der Waals surface area contributed by atoms with Crippen molar-refractivity contribution in [2.75, 3.05) is 13.2 Å². The average molecular weight is 561 g/mol. The van der Waals surface area contributed by atoms with Gasteiger partial charge in [-0.1, -0.05) is 12.5 Å². The first kappa shape index (κ1) is 28.2. The summed E-state index contributed by atoms with van der Waals surface area (Å²) in [4.78, 5) is 24.1. The lowest BCUT2D eigenvalue weighted by atomic mass is 9.44. The van der Waals surface area contributed by atoms with Crippen molar-refractivity contribution in [3.63, 3.8) is 0 Å². The lowest BCUT2D eigenvalue weighted by Crippen LogP contribution is -2.62. The number of carbonyl (C=O) groups excluding carboxylic acids is 1. The van der Waals surface area contributed by atoms with Gasteiger partial charge in [0, 0.05) is 23.3 Å². The van der Waals surface area contributed by atoms with Crippen LogP contribution in [0.25, 0.3) is 0 Å². The highest BCUT2D eigenvalue weighted by molar-refractivity contribution is 5.91. The molecule has 4 fully saturated rings. The summed E-state index contributed by atoms with van der Waals surface area (Å²) in [5.74, 6) is 0.100. The van der Waals surface area contributed by atoms with E-state index in [9.17, 15) is 35.1 Å². The summed E-state index contributed by atoms with van der Waals surface area (Å²) in [5.41, 5.74) is -0.396. The van der Waals surface area contributed by atoms with Crippen molar-refractivity contribution >= 4 is 5.78 Å². The predicted octanol–water partition coefficient (Wildman–Crippen LogP) is 1.17. The molecule has 1 aliphatic heterocycles. The Hall–Kier alpha value is -1.92. The van der Waals surface area contributed by atoms with Gasteiger partial charge in [0.25, 0.3) is 0 Å². The maximum absolute atomic E-state index is 12.5. The first-order valence-electron chi connectivity index (χ1n) is 14.5. The number of rotatable bonds is 5. The van der Waals surface area contributed by atoms with E-state index in [0.717, 1.165) is 36.8 Å². The molecule has 0 bridgehead atoms. The zero-order chi connectivity index (χ0) is 28.4. The van der Waals surface area contributed by atoms with Crippen LogP contribution in [0.1, 0.15) is 69.8 Å². The van der Waals surface area contributed by atoms with Crippen LogP contribution >= 0.6 is 0 Å². The number of ketones is 1. The highest BCUT2D eigenvalue weighted by Crippen LogP contribution is 2.70. The molecule has 6 rings (SSSR count). The Bertz CT molecular complexity index is 1200. The summed E-state index contributed by atoms with van der Waals surface area (Å²) in [6, 6.07) is 3.24.